The molecular formula is C25H21FN4O. The van der Waals surface area contributed by atoms with Crippen molar-refractivity contribution < 1.29 is 9.18 Å². The molecule has 0 spiro atoms. The second-order valence-corrected chi connectivity index (χ2v) is 7.12. The monoisotopic (exact) mass is 412 g/mol. The third kappa shape index (κ3) is 5.11. The molecule has 154 valence electrons. The van der Waals surface area contributed by atoms with Crippen molar-refractivity contribution in [1.82, 2.24) is 14.9 Å². The van der Waals surface area contributed by atoms with Crippen LogP contribution in [-0.4, -0.2) is 27.8 Å². The molecule has 4 aromatic rings. The van der Waals surface area contributed by atoms with E-state index in [4.69, 9.17) is 0 Å². The van der Waals surface area contributed by atoms with Crippen LogP contribution in [0.25, 0.3) is 11.4 Å². The van der Waals surface area contributed by atoms with Crippen LogP contribution < -0.4 is 5.32 Å². The Morgan fingerprint density at radius 1 is 0.968 bits per heavy atom. The average Bonchev–Trinajstić information content (AvgIpc) is 2.80. The first-order valence-electron chi connectivity index (χ1n) is 9.84. The number of aromatic nitrogens is 2. The van der Waals surface area contributed by atoms with Crippen molar-refractivity contribution in [3.05, 3.63) is 108 Å². The van der Waals surface area contributed by atoms with E-state index in [1.807, 2.05) is 42.5 Å². The number of hydrogen-bond donors (Lipinski definition) is 1. The van der Waals surface area contributed by atoms with Gasteiger partial charge < -0.3 is 10.2 Å². The molecule has 1 N–H and O–H groups in total. The maximum atomic E-state index is 13.2. The normalized spacial score (nSPS) is 10.5. The first-order valence-corrected chi connectivity index (χ1v) is 9.84. The SMILES string of the molecule is CN(Cc1ccccc1)C(=O)c1cccc(Nc2ccnc(-c3ccc(F)cc3)n2)c1. The van der Waals surface area contributed by atoms with E-state index in [9.17, 15) is 9.18 Å². The van der Waals surface area contributed by atoms with Crippen molar-refractivity contribution in [3.63, 3.8) is 0 Å². The number of hydrogen-bond acceptors (Lipinski definition) is 4. The molecule has 31 heavy (non-hydrogen) atoms. The van der Waals surface area contributed by atoms with E-state index in [0.717, 1.165) is 16.8 Å². The Kier molecular flexibility index (Phi) is 5.98. The highest BCUT2D eigenvalue weighted by Gasteiger charge is 2.13. The summed E-state index contributed by atoms with van der Waals surface area (Å²) in [7, 11) is 1.79. The highest BCUT2D eigenvalue weighted by atomic mass is 19.1. The number of carbonyl (C=O) groups excluding carboxylic acids is 1. The van der Waals surface area contributed by atoms with E-state index < -0.39 is 0 Å². The molecule has 0 bridgehead atoms. The van der Waals surface area contributed by atoms with Crippen LogP contribution in [0.1, 0.15) is 15.9 Å². The molecule has 0 aliphatic carbocycles. The molecule has 0 aliphatic heterocycles. The fourth-order valence-electron chi connectivity index (χ4n) is 3.19. The molecule has 4 rings (SSSR count). The van der Waals surface area contributed by atoms with Crippen LogP contribution in [0.5, 0.6) is 0 Å². The summed E-state index contributed by atoms with van der Waals surface area (Å²) in [4.78, 5) is 23.3. The van der Waals surface area contributed by atoms with Crippen molar-refractivity contribution in [3.8, 4) is 11.4 Å². The molecule has 5 nitrogen and oxygen atoms in total. The number of rotatable bonds is 6. The lowest BCUT2D eigenvalue weighted by Crippen LogP contribution is -2.26. The summed E-state index contributed by atoms with van der Waals surface area (Å²) in [5.41, 5.74) is 3.11. The largest absolute Gasteiger partial charge is 0.340 e. The summed E-state index contributed by atoms with van der Waals surface area (Å²) in [6, 6.07) is 24.9. The summed E-state index contributed by atoms with van der Waals surface area (Å²) < 4.78 is 13.2. The lowest BCUT2D eigenvalue weighted by Gasteiger charge is -2.18. The lowest BCUT2D eigenvalue weighted by molar-refractivity contribution is 0.0785. The van der Waals surface area contributed by atoms with Crippen molar-refractivity contribution >= 4 is 17.4 Å². The predicted octanol–water partition coefficient (Wildman–Crippen LogP) is 5.30. The Hall–Kier alpha value is -4.06. The number of nitrogens with zero attached hydrogens (tertiary/aromatic N) is 3. The van der Waals surface area contributed by atoms with E-state index in [1.165, 1.54) is 12.1 Å². The number of benzene rings is 3. The molecule has 1 heterocycles. The van der Waals surface area contributed by atoms with Gasteiger partial charge in [0, 0.05) is 36.6 Å². The molecule has 0 fully saturated rings. The lowest BCUT2D eigenvalue weighted by atomic mass is 10.1. The van der Waals surface area contributed by atoms with E-state index in [2.05, 4.69) is 15.3 Å². The molecule has 0 unspecified atom stereocenters. The minimum atomic E-state index is -0.309. The molecule has 0 saturated heterocycles. The van der Waals surface area contributed by atoms with Crippen LogP contribution in [0.3, 0.4) is 0 Å². The van der Waals surface area contributed by atoms with Gasteiger partial charge in [0.05, 0.1) is 0 Å². The smallest absolute Gasteiger partial charge is 0.253 e. The Labute approximate surface area is 180 Å². The van der Waals surface area contributed by atoms with Gasteiger partial charge in [0.2, 0.25) is 0 Å². The van der Waals surface area contributed by atoms with Crippen molar-refractivity contribution in [2.75, 3.05) is 12.4 Å². The third-order valence-corrected chi connectivity index (χ3v) is 4.75. The Morgan fingerprint density at radius 2 is 1.74 bits per heavy atom. The minimum Gasteiger partial charge on any atom is -0.340 e. The topological polar surface area (TPSA) is 58.1 Å². The first kappa shape index (κ1) is 20.2. The highest BCUT2D eigenvalue weighted by Crippen LogP contribution is 2.21. The van der Waals surface area contributed by atoms with E-state index in [1.54, 1.807) is 48.5 Å². The molecule has 0 atom stereocenters. The van der Waals surface area contributed by atoms with Crippen molar-refractivity contribution in [2.45, 2.75) is 6.54 Å². The fraction of sp³-hybridized carbons (Fsp3) is 0.0800. The number of amides is 1. The summed E-state index contributed by atoms with van der Waals surface area (Å²) >= 11 is 0. The molecule has 0 saturated carbocycles. The van der Waals surface area contributed by atoms with Gasteiger partial charge in [0.1, 0.15) is 11.6 Å². The second kappa shape index (κ2) is 9.17. The van der Waals surface area contributed by atoms with Gasteiger partial charge in [0.15, 0.2) is 5.82 Å². The standard InChI is InChI=1S/C25H21FN4O/c1-30(17-18-6-3-2-4-7-18)25(31)20-8-5-9-22(16-20)28-23-14-15-27-24(29-23)19-10-12-21(26)13-11-19/h2-16H,17H2,1H3,(H,27,28,29). The number of carbonyl (C=O) groups is 1. The molecular weight excluding hydrogens is 391 g/mol. The molecule has 0 radical (unpaired) electrons. The molecule has 1 aromatic heterocycles. The number of anilines is 2. The van der Waals surface area contributed by atoms with Crippen molar-refractivity contribution in [2.24, 2.45) is 0 Å². The second-order valence-electron chi connectivity index (χ2n) is 7.12. The zero-order chi connectivity index (χ0) is 21.6. The van der Waals surface area contributed by atoms with Gasteiger partial charge in [0.25, 0.3) is 5.91 Å². The Morgan fingerprint density at radius 3 is 2.52 bits per heavy atom. The Balaban J connectivity index is 1.49. The quantitative estimate of drug-likeness (QED) is 0.467. The molecule has 6 heteroatoms. The van der Waals surface area contributed by atoms with Gasteiger partial charge in [-0.1, -0.05) is 36.4 Å². The van der Waals surface area contributed by atoms with E-state index in [-0.39, 0.29) is 11.7 Å². The van der Waals surface area contributed by atoms with E-state index in [0.29, 0.717) is 23.8 Å². The summed E-state index contributed by atoms with van der Waals surface area (Å²) in [5.74, 6) is 0.690. The fourth-order valence-corrected chi connectivity index (χ4v) is 3.19. The number of nitrogens with one attached hydrogen (secondary N) is 1. The van der Waals surface area contributed by atoms with Gasteiger partial charge >= 0.3 is 0 Å². The molecule has 1 amide bonds. The van der Waals surface area contributed by atoms with Gasteiger partial charge in [-0.05, 0) is 54.1 Å². The maximum absolute atomic E-state index is 13.2. The highest BCUT2D eigenvalue weighted by molar-refractivity contribution is 5.95. The number of halogens is 1. The van der Waals surface area contributed by atoms with Gasteiger partial charge in [-0.2, -0.15) is 0 Å². The summed E-state index contributed by atoms with van der Waals surface area (Å²) in [5, 5.41) is 3.21. The first-order chi connectivity index (χ1) is 15.1. The zero-order valence-corrected chi connectivity index (χ0v) is 17.0. The summed E-state index contributed by atoms with van der Waals surface area (Å²) in [6.07, 6.45) is 1.64. The maximum Gasteiger partial charge on any atom is 0.253 e. The van der Waals surface area contributed by atoms with E-state index >= 15 is 0 Å². The summed E-state index contributed by atoms with van der Waals surface area (Å²) in [6.45, 7) is 0.532. The van der Waals surface area contributed by atoms with Gasteiger partial charge in [-0.25, -0.2) is 14.4 Å². The zero-order valence-electron chi connectivity index (χ0n) is 17.0. The van der Waals surface area contributed by atoms with Crippen LogP contribution >= 0.6 is 0 Å². The Bertz CT molecular complexity index is 1180. The predicted molar refractivity (Wildman–Crippen MR) is 119 cm³/mol. The van der Waals surface area contributed by atoms with Crippen LogP contribution in [0.2, 0.25) is 0 Å². The van der Waals surface area contributed by atoms with Crippen LogP contribution in [0.15, 0.2) is 91.1 Å². The minimum absolute atomic E-state index is 0.0674. The van der Waals surface area contributed by atoms with Crippen LogP contribution in [0, 0.1) is 5.82 Å². The average molecular weight is 412 g/mol. The van der Waals surface area contributed by atoms with Crippen LogP contribution in [-0.2, 0) is 6.54 Å². The molecule has 3 aromatic carbocycles. The van der Waals surface area contributed by atoms with Crippen LogP contribution in [0.4, 0.5) is 15.9 Å². The van der Waals surface area contributed by atoms with Gasteiger partial charge in [-0.15, -0.1) is 0 Å². The third-order valence-electron chi connectivity index (χ3n) is 4.75. The van der Waals surface area contributed by atoms with Crippen molar-refractivity contribution in [1.29, 1.82) is 0 Å². The molecule has 0 aliphatic rings. The van der Waals surface area contributed by atoms with Gasteiger partial charge in [-0.3, -0.25) is 4.79 Å².